The first-order valence-electron chi connectivity index (χ1n) is 7.93. The summed E-state index contributed by atoms with van der Waals surface area (Å²) in [4.78, 5) is 11.9. The quantitative estimate of drug-likeness (QED) is 0.917. The van der Waals surface area contributed by atoms with Crippen LogP contribution in [0.15, 0.2) is 23.1 Å². The third kappa shape index (κ3) is 2.77. The second-order valence-corrected chi connectivity index (χ2v) is 8.06. The summed E-state index contributed by atoms with van der Waals surface area (Å²) >= 11 is 0. The van der Waals surface area contributed by atoms with Gasteiger partial charge in [-0.1, -0.05) is 12.5 Å². The molecule has 22 heavy (non-hydrogen) atoms. The second-order valence-electron chi connectivity index (χ2n) is 6.17. The molecule has 1 aromatic rings. The van der Waals surface area contributed by atoms with Gasteiger partial charge in [-0.3, -0.25) is 4.79 Å². The lowest BCUT2D eigenvalue weighted by Crippen LogP contribution is -2.50. The number of carbonyl (C=O) groups is 1. The molecule has 3 rings (SSSR count). The van der Waals surface area contributed by atoms with Gasteiger partial charge >= 0.3 is 0 Å². The number of carbonyl (C=O) groups excluding carboxylic acids is 1. The lowest BCUT2D eigenvalue weighted by atomic mass is 9.92. The number of nitrogens with zero attached hydrogens (tertiary/aromatic N) is 1. The Kier molecular flexibility index (Phi) is 4.23. The number of fused-ring (bicyclic) bond motifs is 1. The van der Waals surface area contributed by atoms with Crippen LogP contribution in [0.25, 0.3) is 0 Å². The van der Waals surface area contributed by atoms with Crippen molar-refractivity contribution in [1.29, 1.82) is 0 Å². The van der Waals surface area contributed by atoms with Crippen molar-refractivity contribution in [2.45, 2.75) is 55.9 Å². The molecule has 1 heterocycles. The average molecular weight is 322 g/mol. The number of piperidine rings is 1. The number of benzene rings is 1. The van der Waals surface area contributed by atoms with Crippen molar-refractivity contribution < 1.29 is 13.2 Å². The number of amides is 1. The maximum Gasteiger partial charge on any atom is 0.243 e. The summed E-state index contributed by atoms with van der Waals surface area (Å²) in [5.41, 5.74) is 7.77. The fraction of sp³-hybridized carbons (Fsp3) is 0.562. The zero-order valence-electron chi connectivity index (χ0n) is 12.6. The molecule has 0 bridgehead atoms. The number of aryl methyl sites for hydroxylation is 2. The maximum absolute atomic E-state index is 12.9. The molecular weight excluding hydrogens is 300 g/mol. The molecule has 2 N–H and O–H groups in total. The predicted octanol–water partition coefficient (Wildman–Crippen LogP) is 1.59. The van der Waals surface area contributed by atoms with E-state index in [9.17, 15) is 13.2 Å². The molecule has 2 aliphatic rings. The van der Waals surface area contributed by atoms with Crippen molar-refractivity contribution >= 4 is 15.9 Å². The molecular formula is C16H22N2O3S. The summed E-state index contributed by atoms with van der Waals surface area (Å²) in [5, 5.41) is 0. The van der Waals surface area contributed by atoms with Crippen LogP contribution in [0.1, 0.15) is 43.2 Å². The Morgan fingerprint density at radius 3 is 2.55 bits per heavy atom. The van der Waals surface area contributed by atoms with Crippen molar-refractivity contribution in [3.05, 3.63) is 29.3 Å². The molecule has 0 unspecified atom stereocenters. The van der Waals surface area contributed by atoms with Crippen molar-refractivity contribution in [1.82, 2.24) is 4.31 Å². The number of hydrogen-bond donors (Lipinski definition) is 1. The zero-order valence-corrected chi connectivity index (χ0v) is 13.4. The first kappa shape index (κ1) is 15.5. The highest BCUT2D eigenvalue weighted by Gasteiger charge is 2.36. The summed E-state index contributed by atoms with van der Waals surface area (Å²) in [6, 6.07) is 4.67. The minimum absolute atomic E-state index is 0.293. The topological polar surface area (TPSA) is 80.5 Å². The minimum atomic E-state index is -3.66. The third-order valence-corrected chi connectivity index (χ3v) is 6.61. The molecule has 0 radical (unpaired) electrons. The van der Waals surface area contributed by atoms with E-state index >= 15 is 0 Å². The van der Waals surface area contributed by atoms with Crippen molar-refractivity contribution in [3.8, 4) is 0 Å². The van der Waals surface area contributed by atoms with Gasteiger partial charge in [0.05, 0.1) is 4.90 Å². The highest BCUT2D eigenvalue weighted by molar-refractivity contribution is 7.89. The van der Waals surface area contributed by atoms with E-state index in [4.69, 9.17) is 5.73 Å². The third-order valence-electron chi connectivity index (χ3n) is 4.71. The van der Waals surface area contributed by atoms with E-state index in [1.165, 1.54) is 9.87 Å². The molecule has 0 aromatic heterocycles. The normalized spacial score (nSPS) is 23.0. The summed E-state index contributed by atoms with van der Waals surface area (Å²) in [6.07, 6.45) is 6.33. The van der Waals surface area contributed by atoms with Crippen LogP contribution in [0.4, 0.5) is 0 Å². The van der Waals surface area contributed by atoms with Crippen LogP contribution in [-0.4, -0.2) is 31.2 Å². The maximum atomic E-state index is 12.9. The standard InChI is InChI=1S/C16H22N2O3S/c17-16(19)15-7-3-4-10-18(15)22(20,21)14-9-8-12-5-1-2-6-13(12)11-14/h8-9,11,15H,1-7,10H2,(H2,17,19)/t15-/m0/s1. The molecule has 1 amide bonds. The molecule has 5 nitrogen and oxygen atoms in total. The van der Waals surface area contributed by atoms with Gasteiger partial charge in [0, 0.05) is 6.54 Å². The van der Waals surface area contributed by atoms with Crippen LogP contribution in [0.2, 0.25) is 0 Å². The summed E-state index contributed by atoms with van der Waals surface area (Å²) in [6.45, 7) is 0.368. The van der Waals surface area contributed by atoms with Gasteiger partial charge < -0.3 is 5.73 Å². The largest absolute Gasteiger partial charge is 0.368 e. The van der Waals surface area contributed by atoms with E-state index in [0.717, 1.165) is 44.1 Å². The smallest absolute Gasteiger partial charge is 0.243 e. The molecule has 1 fully saturated rings. The van der Waals surface area contributed by atoms with Crippen LogP contribution in [0.3, 0.4) is 0 Å². The van der Waals surface area contributed by atoms with E-state index in [1.807, 2.05) is 6.07 Å². The summed E-state index contributed by atoms with van der Waals surface area (Å²) in [5.74, 6) is -0.554. The van der Waals surface area contributed by atoms with Gasteiger partial charge in [-0.05, 0) is 61.8 Å². The van der Waals surface area contributed by atoms with Gasteiger partial charge in [-0.2, -0.15) is 4.31 Å². The molecule has 1 saturated heterocycles. The van der Waals surface area contributed by atoms with E-state index in [-0.39, 0.29) is 0 Å². The minimum Gasteiger partial charge on any atom is -0.368 e. The van der Waals surface area contributed by atoms with Gasteiger partial charge in [0.25, 0.3) is 0 Å². The number of nitrogens with two attached hydrogens (primary N) is 1. The Balaban J connectivity index is 1.96. The molecule has 1 aliphatic heterocycles. The number of sulfonamides is 1. The monoisotopic (exact) mass is 322 g/mol. The molecule has 120 valence electrons. The Morgan fingerprint density at radius 2 is 1.82 bits per heavy atom. The van der Waals surface area contributed by atoms with Gasteiger partial charge in [-0.25, -0.2) is 8.42 Å². The van der Waals surface area contributed by atoms with E-state index < -0.39 is 22.0 Å². The van der Waals surface area contributed by atoms with E-state index in [1.54, 1.807) is 12.1 Å². The number of hydrogen-bond acceptors (Lipinski definition) is 3. The zero-order chi connectivity index (χ0) is 15.7. The average Bonchev–Trinajstić information content (AvgIpc) is 2.54. The fourth-order valence-electron chi connectivity index (χ4n) is 3.48. The molecule has 1 atom stereocenters. The van der Waals surface area contributed by atoms with Gasteiger partial charge in [0.2, 0.25) is 15.9 Å². The van der Waals surface area contributed by atoms with Gasteiger partial charge in [-0.15, -0.1) is 0 Å². The highest BCUT2D eigenvalue weighted by atomic mass is 32.2. The lowest BCUT2D eigenvalue weighted by Gasteiger charge is -2.32. The van der Waals surface area contributed by atoms with Gasteiger partial charge in [0.1, 0.15) is 6.04 Å². The van der Waals surface area contributed by atoms with Crippen LogP contribution >= 0.6 is 0 Å². The molecule has 1 aliphatic carbocycles. The Morgan fingerprint density at radius 1 is 1.09 bits per heavy atom. The molecule has 0 spiro atoms. The van der Waals surface area contributed by atoms with Crippen molar-refractivity contribution in [2.24, 2.45) is 5.73 Å². The lowest BCUT2D eigenvalue weighted by molar-refractivity contribution is -0.122. The Bertz CT molecular complexity index is 685. The molecule has 1 aromatic carbocycles. The molecule has 6 heteroatoms. The Hall–Kier alpha value is -1.40. The predicted molar refractivity (Wildman–Crippen MR) is 83.8 cm³/mol. The van der Waals surface area contributed by atoms with Crippen molar-refractivity contribution in [2.75, 3.05) is 6.54 Å². The highest BCUT2D eigenvalue weighted by Crippen LogP contribution is 2.29. The summed E-state index contributed by atoms with van der Waals surface area (Å²) in [7, 11) is -3.66. The van der Waals surface area contributed by atoms with Crippen LogP contribution < -0.4 is 5.73 Å². The first-order chi connectivity index (χ1) is 10.5. The Labute approximate surface area is 131 Å². The van der Waals surface area contributed by atoms with Crippen LogP contribution in [0.5, 0.6) is 0 Å². The first-order valence-corrected chi connectivity index (χ1v) is 9.37. The van der Waals surface area contributed by atoms with E-state index in [2.05, 4.69) is 0 Å². The van der Waals surface area contributed by atoms with Crippen molar-refractivity contribution in [3.63, 3.8) is 0 Å². The van der Waals surface area contributed by atoms with Gasteiger partial charge in [0.15, 0.2) is 0 Å². The second kappa shape index (κ2) is 6.01. The van der Waals surface area contributed by atoms with E-state index in [0.29, 0.717) is 17.9 Å². The fourth-order valence-corrected chi connectivity index (χ4v) is 5.20. The molecule has 0 saturated carbocycles. The number of primary amides is 1. The number of rotatable bonds is 3. The van der Waals surface area contributed by atoms with Crippen LogP contribution in [0, 0.1) is 0 Å². The van der Waals surface area contributed by atoms with Crippen LogP contribution in [-0.2, 0) is 27.7 Å². The SMILES string of the molecule is NC(=O)[C@@H]1CCCCN1S(=O)(=O)c1ccc2c(c1)CCCC2. The summed E-state index contributed by atoms with van der Waals surface area (Å²) < 4.78 is 27.1.